The molecular formula is C15H23N5. The number of imidazole rings is 1. The lowest BCUT2D eigenvalue weighted by Gasteiger charge is -2.33. The van der Waals surface area contributed by atoms with Crippen molar-refractivity contribution in [3.05, 3.63) is 24.0 Å². The van der Waals surface area contributed by atoms with Crippen LogP contribution in [0.15, 0.2) is 18.2 Å². The summed E-state index contributed by atoms with van der Waals surface area (Å²) in [5, 5.41) is 0. The Morgan fingerprint density at radius 2 is 1.95 bits per heavy atom. The van der Waals surface area contributed by atoms with Gasteiger partial charge in [-0.05, 0) is 31.2 Å². The van der Waals surface area contributed by atoms with Gasteiger partial charge in [-0.3, -0.25) is 4.90 Å². The highest BCUT2D eigenvalue weighted by Gasteiger charge is 2.17. The number of nitrogen functional groups attached to an aromatic ring is 1. The predicted octanol–water partition coefficient (Wildman–Crippen LogP) is 1.67. The molecule has 1 saturated heterocycles. The Kier molecular flexibility index (Phi) is 3.89. The van der Waals surface area contributed by atoms with Gasteiger partial charge in [0.15, 0.2) is 0 Å². The van der Waals surface area contributed by atoms with E-state index < -0.39 is 0 Å². The lowest BCUT2D eigenvalue weighted by atomic mass is 10.3. The van der Waals surface area contributed by atoms with Crippen molar-refractivity contribution in [1.82, 2.24) is 19.8 Å². The number of nitrogens with zero attached hydrogens (tertiary/aromatic N) is 3. The van der Waals surface area contributed by atoms with Crippen molar-refractivity contribution in [3.8, 4) is 0 Å². The van der Waals surface area contributed by atoms with Gasteiger partial charge in [0.05, 0.1) is 17.6 Å². The van der Waals surface area contributed by atoms with Gasteiger partial charge in [-0.25, -0.2) is 4.98 Å². The van der Waals surface area contributed by atoms with Gasteiger partial charge in [0.25, 0.3) is 0 Å². The van der Waals surface area contributed by atoms with Crippen molar-refractivity contribution >= 4 is 16.7 Å². The van der Waals surface area contributed by atoms with Gasteiger partial charge >= 0.3 is 0 Å². The molecule has 20 heavy (non-hydrogen) atoms. The van der Waals surface area contributed by atoms with Crippen molar-refractivity contribution in [2.75, 3.05) is 38.5 Å². The summed E-state index contributed by atoms with van der Waals surface area (Å²) in [4.78, 5) is 13.0. The van der Waals surface area contributed by atoms with E-state index in [9.17, 15) is 0 Å². The first-order valence-corrected chi connectivity index (χ1v) is 7.43. The standard InChI is InChI=1S/C15H23N5/c1-2-5-19-6-8-20(9-7-19)11-15-17-13-4-3-12(16)10-14(13)18-15/h3-4,10H,2,5-9,11,16H2,1H3,(H,17,18). The molecule has 3 rings (SSSR count). The van der Waals surface area contributed by atoms with Gasteiger partial charge in [0.1, 0.15) is 5.82 Å². The average Bonchev–Trinajstić information content (AvgIpc) is 2.82. The van der Waals surface area contributed by atoms with E-state index in [1.54, 1.807) is 0 Å². The average molecular weight is 273 g/mol. The second kappa shape index (κ2) is 5.81. The van der Waals surface area contributed by atoms with Crippen LogP contribution in [0, 0.1) is 0 Å². The topological polar surface area (TPSA) is 61.2 Å². The second-order valence-corrected chi connectivity index (χ2v) is 5.58. The highest BCUT2D eigenvalue weighted by Crippen LogP contribution is 2.16. The van der Waals surface area contributed by atoms with Crippen LogP contribution in [0.4, 0.5) is 5.69 Å². The molecule has 1 fully saturated rings. The molecule has 0 amide bonds. The molecule has 0 spiro atoms. The minimum absolute atomic E-state index is 0.779. The molecule has 2 heterocycles. The van der Waals surface area contributed by atoms with E-state index in [1.165, 1.54) is 26.1 Å². The quantitative estimate of drug-likeness (QED) is 0.832. The molecule has 1 aromatic carbocycles. The molecule has 0 radical (unpaired) electrons. The van der Waals surface area contributed by atoms with E-state index in [1.807, 2.05) is 18.2 Å². The largest absolute Gasteiger partial charge is 0.399 e. The normalized spacial score (nSPS) is 17.9. The van der Waals surface area contributed by atoms with E-state index in [0.717, 1.165) is 42.2 Å². The predicted molar refractivity (Wildman–Crippen MR) is 82.5 cm³/mol. The first-order chi connectivity index (χ1) is 9.74. The Labute approximate surface area is 119 Å². The number of anilines is 1. The Balaban J connectivity index is 1.62. The molecule has 0 unspecified atom stereocenters. The Bertz CT molecular complexity index is 569. The third kappa shape index (κ3) is 2.94. The molecule has 5 heteroatoms. The number of piperazine rings is 1. The van der Waals surface area contributed by atoms with E-state index >= 15 is 0 Å². The third-order valence-corrected chi connectivity index (χ3v) is 3.93. The zero-order chi connectivity index (χ0) is 13.9. The van der Waals surface area contributed by atoms with Crippen LogP contribution in [-0.2, 0) is 6.54 Å². The van der Waals surface area contributed by atoms with Crippen LogP contribution in [0.5, 0.6) is 0 Å². The van der Waals surface area contributed by atoms with Crippen molar-refractivity contribution < 1.29 is 0 Å². The number of H-pyrrole nitrogens is 1. The van der Waals surface area contributed by atoms with Gasteiger partial charge in [-0.1, -0.05) is 6.92 Å². The summed E-state index contributed by atoms with van der Waals surface area (Å²) in [7, 11) is 0. The van der Waals surface area contributed by atoms with Gasteiger partial charge in [0.2, 0.25) is 0 Å². The van der Waals surface area contributed by atoms with Crippen molar-refractivity contribution in [3.63, 3.8) is 0 Å². The third-order valence-electron chi connectivity index (χ3n) is 3.93. The van der Waals surface area contributed by atoms with Crippen molar-refractivity contribution in [2.24, 2.45) is 0 Å². The first kappa shape index (κ1) is 13.4. The molecule has 108 valence electrons. The molecular weight excluding hydrogens is 250 g/mol. The number of fused-ring (bicyclic) bond motifs is 1. The number of nitrogens with two attached hydrogens (primary N) is 1. The molecule has 5 nitrogen and oxygen atoms in total. The minimum Gasteiger partial charge on any atom is -0.399 e. The molecule has 1 aliphatic rings. The number of aromatic amines is 1. The van der Waals surface area contributed by atoms with Gasteiger partial charge in [-0.2, -0.15) is 0 Å². The Morgan fingerprint density at radius 1 is 1.20 bits per heavy atom. The lowest BCUT2D eigenvalue weighted by molar-refractivity contribution is 0.125. The smallest absolute Gasteiger partial charge is 0.121 e. The molecule has 0 bridgehead atoms. The zero-order valence-electron chi connectivity index (χ0n) is 12.1. The Morgan fingerprint density at radius 3 is 2.70 bits per heavy atom. The maximum absolute atomic E-state index is 5.80. The fraction of sp³-hybridized carbons (Fsp3) is 0.533. The maximum atomic E-state index is 5.80. The molecule has 0 aliphatic carbocycles. The van der Waals surface area contributed by atoms with Gasteiger partial charge in [0, 0.05) is 31.9 Å². The summed E-state index contributed by atoms with van der Waals surface area (Å²) in [5.41, 5.74) is 8.61. The molecule has 1 aliphatic heterocycles. The maximum Gasteiger partial charge on any atom is 0.121 e. The number of rotatable bonds is 4. The summed E-state index contributed by atoms with van der Waals surface area (Å²) in [6, 6.07) is 5.82. The monoisotopic (exact) mass is 273 g/mol. The number of nitrogens with one attached hydrogen (secondary N) is 1. The van der Waals surface area contributed by atoms with Crippen molar-refractivity contribution in [1.29, 1.82) is 0 Å². The van der Waals surface area contributed by atoms with E-state index in [-0.39, 0.29) is 0 Å². The number of hydrogen-bond donors (Lipinski definition) is 2. The van der Waals surface area contributed by atoms with Crippen LogP contribution < -0.4 is 5.73 Å². The highest BCUT2D eigenvalue weighted by atomic mass is 15.3. The van der Waals surface area contributed by atoms with E-state index in [4.69, 9.17) is 5.73 Å². The second-order valence-electron chi connectivity index (χ2n) is 5.58. The molecule has 0 saturated carbocycles. The summed E-state index contributed by atoms with van der Waals surface area (Å²) < 4.78 is 0. The van der Waals surface area contributed by atoms with Crippen LogP contribution in [0.2, 0.25) is 0 Å². The number of hydrogen-bond acceptors (Lipinski definition) is 4. The minimum atomic E-state index is 0.779. The first-order valence-electron chi connectivity index (χ1n) is 7.43. The Hall–Kier alpha value is -1.59. The summed E-state index contributed by atoms with van der Waals surface area (Å²) in [5.74, 6) is 1.04. The summed E-state index contributed by atoms with van der Waals surface area (Å²) >= 11 is 0. The van der Waals surface area contributed by atoms with Gasteiger partial charge < -0.3 is 15.6 Å². The van der Waals surface area contributed by atoms with Crippen LogP contribution in [0.1, 0.15) is 19.2 Å². The number of aromatic nitrogens is 2. The van der Waals surface area contributed by atoms with E-state index in [2.05, 4.69) is 26.7 Å². The number of benzene rings is 1. The van der Waals surface area contributed by atoms with Crippen LogP contribution in [-0.4, -0.2) is 52.5 Å². The van der Waals surface area contributed by atoms with Gasteiger partial charge in [-0.15, -0.1) is 0 Å². The fourth-order valence-corrected chi connectivity index (χ4v) is 2.85. The van der Waals surface area contributed by atoms with E-state index in [0.29, 0.717) is 0 Å². The highest BCUT2D eigenvalue weighted by molar-refractivity contribution is 5.78. The fourth-order valence-electron chi connectivity index (χ4n) is 2.85. The van der Waals surface area contributed by atoms with Crippen molar-refractivity contribution in [2.45, 2.75) is 19.9 Å². The zero-order valence-corrected chi connectivity index (χ0v) is 12.1. The molecule has 0 atom stereocenters. The molecule has 1 aromatic heterocycles. The summed E-state index contributed by atoms with van der Waals surface area (Å²) in [6.45, 7) is 8.94. The molecule has 3 N–H and O–H groups in total. The van der Waals surface area contributed by atoms with Crippen LogP contribution in [0.3, 0.4) is 0 Å². The SMILES string of the molecule is CCCN1CCN(Cc2nc3ccc(N)cc3[nH]2)CC1. The van der Waals surface area contributed by atoms with Crippen LogP contribution >= 0.6 is 0 Å². The molecule has 2 aromatic rings. The van der Waals surface area contributed by atoms with Crippen LogP contribution in [0.25, 0.3) is 11.0 Å². The lowest BCUT2D eigenvalue weighted by Crippen LogP contribution is -2.46. The summed E-state index contributed by atoms with van der Waals surface area (Å²) in [6.07, 6.45) is 1.24.